The van der Waals surface area contributed by atoms with Gasteiger partial charge in [0.15, 0.2) is 5.65 Å². The number of aromatic nitrogens is 5. The Balaban J connectivity index is 1.45. The van der Waals surface area contributed by atoms with E-state index >= 15 is 0 Å². The normalized spacial score (nSPS) is 11.6. The van der Waals surface area contributed by atoms with Crippen LogP contribution in [0.1, 0.15) is 17.1 Å². The summed E-state index contributed by atoms with van der Waals surface area (Å²) in [6, 6.07) is 14.3. The predicted molar refractivity (Wildman–Crippen MR) is 102 cm³/mol. The van der Waals surface area contributed by atoms with Crippen LogP contribution in [0.5, 0.6) is 0 Å². The Kier molecular flexibility index (Phi) is 3.38. The maximum absolute atomic E-state index is 4.81. The molecule has 5 aromatic rings. The Morgan fingerprint density at radius 1 is 0.885 bits per heavy atom. The molecule has 0 aliphatic rings. The summed E-state index contributed by atoms with van der Waals surface area (Å²) in [5, 5.41) is 2.15. The first kappa shape index (κ1) is 15.0. The van der Waals surface area contributed by atoms with Crippen LogP contribution in [-0.2, 0) is 12.8 Å². The maximum atomic E-state index is 4.81. The number of nitrogens with zero attached hydrogens (tertiary/aromatic N) is 5. The largest absolute Gasteiger partial charge is 0.306 e. The number of rotatable bonds is 3. The van der Waals surface area contributed by atoms with Crippen molar-refractivity contribution in [3.05, 3.63) is 78.1 Å². The molecule has 26 heavy (non-hydrogen) atoms. The van der Waals surface area contributed by atoms with Gasteiger partial charge in [0.05, 0.1) is 11.2 Å². The molecule has 0 atom stereocenters. The fourth-order valence-electron chi connectivity index (χ4n) is 3.30. The van der Waals surface area contributed by atoms with Crippen molar-refractivity contribution in [1.29, 1.82) is 0 Å². The number of hydrogen-bond acceptors (Lipinski definition) is 4. The molecule has 0 saturated heterocycles. The van der Waals surface area contributed by atoms with E-state index in [4.69, 9.17) is 9.97 Å². The molecule has 0 aromatic carbocycles. The zero-order valence-electron chi connectivity index (χ0n) is 14.4. The molecule has 126 valence electrons. The Labute approximate surface area is 150 Å². The van der Waals surface area contributed by atoms with Gasteiger partial charge in [0.2, 0.25) is 0 Å². The van der Waals surface area contributed by atoms with E-state index in [1.165, 1.54) is 0 Å². The molecule has 0 saturated carbocycles. The molecule has 0 N–H and O–H groups in total. The first-order chi connectivity index (χ1) is 12.8. The maximum Gasteiger partial charge on any atom is 0.159 e. The topological polar surface area (TPSA) is 56.0 Å². The SMILES string of the molecule is Cc1ccc2ccc(CCc3cn4ccc5ncccc5c4n3)nc2n1. The van der Waals surface area contributed by atoms with Crippen LogP contribution < -0.4 is 0 Å². The van der Waals surface area contributed by atoms with Crippen LogP contribution in [0.15, 0.2) is 61.1 Å². The van der Waals surface area contributed by atoms with Crippen molar-refractivity contribution in [1.82, 2.24) is 24.3 Å². The molecule has 0 radical (unpaired) electrons. The van der Waals surface area contributed by atoms with E-state index in [0.29, 0.717) is 0 Å². The lowest BCUT2D eigenvalue weighted by Gasteiger charge is -2.02. The van der Waals surface area contributed by atoms with Crippen molar-refractivity contribution in [3.8, 4) is 0 Å². The number of aryl methyl sites for hydroxylation is 3. The quantitative estimate of drug-likeness (QED) is 0.500. The van der Waals surface area contributed by atoms with E-state index in [1.807, 2.05) is 37.5 Å². The van der Waals surface area contributed by atoms with Crippen molar-refractivity contribution < 1.29 is 0 Å². The second kappa shape index (κ2) is 5.88. The molecule has 0 aliphatic carbocycles. The summed E-state index contributed by atoms with van der Waals surface area (Å²) in [7, 11) is 0. The van der Waals surface area contributed by atoms with E-state index in [9.17, 15) is 0 Å². The highest BCUT2D eigenvalue weighted by molar-refractivity contribution is 5.91. The van der Waals surface area contributed by atoms with Crippen molar-refractivity contribution in [2.45, 2.75) is 19.8 Å². The summed E-state index contributed by atoms with van der Waals surface area (Å²) in [6.07, 6.45) is 7.59. The molecule has 0 amide bonds. The van der Waals surface area contributed by atoms with Gasteiger partial charge in [-0.25, -0.2) is 15.0 Å². The summed E-state index contributed by atoms with van der Waals surface area (Å²) in [5.74, 6) is 0. The zero-order chi connectivity index (χ0) is 17.5. The highest BCUT2D eigenvalue weighted by atomic mass is 15.0. The average Bonchev–Trinajstić information content (AvgIpc) is 3.09. The molecular formula is C21H17N5. The third kappa shape index (κ3) is 2.58. The third-order valence-corrected chi connectivity index (χ3v) is 4.64. The predicted octanol–water partition coefficient (Wildman–Crippen LogP) is 3.92. The number of fused-ring (bicyclic) bond motifs is 4. The van der Waals surface area contributed by atoms with Crippen molar-refractivity contribution in [3.63, 3.8) is 0 Å². The molecular weight excluding hydrogens is 322 g/mol. The minimum Gasteiger partial charge on any atom is -0.306 e. The van der Waals surface area contributed by atoms with Crippen molar-refractivity contribution >= 4 is 27.6 Å². The number of pyridine rings is 4. The molecule has 0 fully saturated rings. The monoisotopic (exact) mass is 339 g/mol. The first-order valence-electron chi connectivity index (χ1n) is 8.71. The van der Waals surface area contributed by atoms with Gasteiger partial charge in [0, 0.05) is 40.8 Å². The van der Waals surface area contributed by atoms with Crippen molar-refractivity contribution in [2.75, 3.05) is 0 Å². The first-order valence-corrected chi connectivity index (χ1v) is 8.71. The Morgan fingerprint density at radius 2 is 1.77 bits per heavy atom. The molecule has 0 unspecified atom stereocenters. The molecule has 0 aliphatic heterocycles. The molecule has 0 bridgehead atoms. The standard InChI is InChI=1S/C21H17N5/c1-14-4-5-15-6-7-16(24-20(15)23-14)8-9-17-13-26-12-10-19-18(21(26)25-17)3-2-11-22-19/h2-7,10-13H,8-9H2,1H3. The zero-order valence-corrected chi connectivity index (χ0v) is 14.4. The van der Waals surface area contributed by atoms with Gasteiger partial charge in [-0.2, -0.15) is 0 Å². The number of hydrogen-bond donors (Lipinski definition) is 0. The summed E-state index contributed by atoms with van der Waals surface area (Å²) in [4.78, 5) is 18.4. The number of imidazole rings is 1. The molecule has 5 aromatic heterocycles. The minimum absolute atomic E-state index is 0.814. The van der Waals surface area contributed by atoms with E-state index in [1.54, 1.807) is 0 Å². The second-order valence-corrected chi connectivity index (χ2v) is 6.52. The van der Waals surface area contributed by atoms with E-state index in [-0.39, 0.29) is 0 Å². The smallest absolute Gasteiger partial charge is 0.159 e. The highest BCUT2D eigenvalue weighted by Gasteiger charge is 2.07. The molecule has 5 rings (SSSR count). The van der Waals surface area contributed by atoms with Gasteiger partial charge in [0.1, 0.15) is 5.65 Å². The van der Waals surface area contributed by atoms with Gasteiger partial charge in [-0.3, -0.25) is 4.98 Å². The minimum atomic E-state index is 0.814. The fourth-order valence-corrected chi connectivity index (χ4v) is 3.30. The molecule has 5 heterocycles. The lowest BCUT2D eigenvalue weighted by Crippen LogP contribution is -1.96. The third-order valence-electron chi connectivity index (χ3n) is 4.64. The van der Waals surface area contributed by atoms with Crippen LogP contribution in [0.3, 0.4) is 0 Å². The summed E-state index contributed by atoms with van der Waals surface area (Å²) >= 11 is 0. The molecule has 5 heteroatoms. The van der Waals surface area contributed by atoms with Gasteiger partial charge in [-0.1, -0.05) is 0 Å². The Morgan fingerprint density at radius 3 is 2.73 bits per heavy atom. The van der Waals surface area contributed by atoms with Crippen LogP contribution in [0.4, 0.5) is 0 Å². The van der Waals surface area contributed by atoms with Crippen LogP contribution >= 0.6 is 0 Å². The summed E-state index contributed by atoms with van der Waals surface area (Å²) in [5.41, 5.74) is 5.82. The summed E-state index contributed by atoms with van der Waals surface area (Å²) < 4.78 is 2.07. The van der Waals surface area contributed by atoms with Gasteiger partial charge >= 0.3 is 0 Å². The van der Waals surface area contributed by atoms with Gasteiger partial charge in [-0.15, -0.1) is 0 Å². The van der Waals surface area contributed by atoms with Gasteiger partial charge in [-0.05, 0) is 62.2 Å². The molecule has 5 nitrogen and oxygen atoms in total. The summed E-state index contributed by atoms with van der Waals surface area (Å²) in [6.45, 7) is 1.99. The fraction of sp³-hybridized carbons (Fsp3) is 0.143. The van der Waals surface area contributed by atoms with Crippen molar-refractivity contribution in [2.24, 2.45) is 0 Å². The van der Waals surface area contributed by atoms with Gasteiger partial charge < -0.3 is 4.40 Å². The average molecular weight is 339 g/mol. The van der Waals surface area contributed by atoms with E-state index < -0.39 is 0 Å². The van der Waals surface area contributed by atoms with Gasteiger partial charge in [0.25, 0.3) is 0 Å². The Bertz CT molecular complexity index is 1260. The van der Waals surface area contributed by atoms with Crippen LogP contribution in [0.25, 0.3) is 27.6 Å². The Hall–Kier alpha value is -3.34. The molecule has 0 spiro atoms. The highest BCUT2D eigenvalue weighted by Crippen LogP contribution is 2.18. The lowest BCUT2D eigenvalue weighted by molar-refractivity contribution is 0.894. The van der Waals surface area contributed by atoms with E-state index in [0.717, 1.165) is 57.5 Å². The van der Waals surface area contributed by atoms with Crippen LogP contribution in [-0.4, -0.2) is 24.3 Å². The van der Waals surface area contributed by atoms with E-state index in [2.05, 4.69) is 44.8 Å². The van der Waals surface area contributed by atoms with Crippen LogP contribution in [0, 0.1) is 6.92 Å². The second-order valence-electron chi connectivity index (χ2n) is 6.52. The van der Waals surface area contributed by atoms with Crippen LogP contribution in [0.2, 0.25) is 0 Å². The lowest BCUT2D eigenvalue weighted by atomic mass is 10.1.